The lowest BCUT2D eigenvalue weighted by atomic mass is 10.2. The first-order valence-corrected chi connectivity index (χ1v) is 3.27. The van der Waals surface area contributed by atoms with Crippen LogP contribution in [0.4, 0.5) is 0 Å². The Morgan fingerprint density at radius 3 is 2.40 bits per heavy atom. The van der Waals surface area contributed by atoms with E-state index in [1.165, 1.54) is 0 Å². The van der Waals surface area contributed by atoms with Gasteiger partial charge in [-0.15, -0.1) is 0 Å². The maximum absolute atomic E-state index is 10.0. The smallest absolute Gasteiger partial charge is 0.328 e. The molecule has 0 bridgehead atoms. The third kappa shape index (κ3) is 3.89. The van der Waals surface area contributed by atoms with Crippen LogP contribution in [0.25, 0.3) is 0 Å². The van der Waals surface area contributed by atoms with Crippen LogP contribution in [-0.2, 0) is 4.79 Å². The fraction of sp³-hybridized carbons (Fsp3) is 0.375. The van der Waals surface area contributed by atoms with Crippen molar-refractivity contribution in [3.05, 3.63) is 23.8 Å². The lowest BCUT2D eigenvalue weighted by Gasteiger charge is -1.90. The molecule has 0 aromatic carbocycles. The van der Waals surface area contributed by atoms with Crippen molar-refractivity contribution in [1.82, 2.24) is 0 Å². The quantitative estimate of drug-likeness (QED) is 0.480. The maximum atomic E-state index is 10.0. The van der Waals surface area contributed by atoms with E-state index in [9.17, 15) is 4.79 Å². The lowest BCUT2D eigenvalue weighted by molar-refractivity contribution is -0.131. The molecule has 0 aromatic rings. The van der Waals surface area contributed by atoms with Crippen molar-refractivity contribution in [3.63, 3.8) is 0 Å². The molecule has 0 unspecified atom stereocenters. The van der Waals surface area contributed by atoms with Gasteiger partial charge in [-0.25, -0.2) is 4.79 Å². The highest BCUT2D eigenvalue weighted by Crippen LogP contribution is 2.00. The average molecular weight is 140 g/mol. The summed E-state index contributed by atoms with van der Waals surface area (Å²) in [7, 11) is 0. The number of hydrogen-bond donors (Lipinski definition) is 1. The molecule has 0 fully saturated rings. The van der Waals surface area contributed by atoms with Gasteiger partial charge in [0.15, 0.2) is 0 Å². The molecule has 1 N–H and O–H groups in total. The Morgan fingerprint density at radius 1 is 1.50 bits per heavy atom. The van der Waals surface area contributed by atoms with Crippen molar-refractivity contribution in [2.24, 2.45) is 0 Å². The molecule has 0 saturated carbocycles. The molecule has 0 rings (SSSR count). The van der Waals surface area contributed by atoms with Crippen LogP contribution in [-0.4, -0.2) is 11.1 Å². The number of hydrogen-bond acceptors (Lipinski definition) is 1. The number of aliphatic carboxylic acids is 1. The predicted octanol–water partition coefficient (Wildman–Crippen LogP) is 1.98. The Labute approximate surface area is 60.9 Å². The Kier molecular flexibility index (Phi) is 4.29. The van der Waals surface area contributed by atoms with Crippen LogP contribution in [0.3, 0.4) is 0 Å². The molecule has 56 valence electrons. The van der Waals surface area contributed by atoms with Gasteiger partial charge in [0.05, 0.1) is 0 Å². The van der Waals surface area contributed by atoms with Crippen LogP contribution in [0.15, 0.2) is 23.8 Å². The zero-order chi connectivity index (χ0) is 7.98. The lowest BCUT2D eigenvalue weighted by Crippen LogP contribution is -1.86. The van der Waals surface area contributed by atoms with Gasteiger partial charge >= 0.3 is 5.97 Å². The monoisotopic (exact) mass is 140 g/mol. The highest BCUT2D eigenvalue weighted by molar-refractivity contribution is 5.80. The van der Waals surface area contributed by atoms with E-state index in [2.05, 4.69) is 0 Å². The fourth-order valence-electron chi connectivity index (χ4n) is 0.597. The molecule has 0 saturated heterocycles. The van der Waals surface area contributed by atoms with Crippen LogP contribution < -0.4 is 0 Å². The average Bonchev–Trinajstić information content (AvgIpc) is 1.90. The number of carboxylic acids is 1. The SMILES string of the molecule is C/C=C(\C=C/C(=O)O)CC. The molecule has 0 aromatic heterocycles. The molecule has 0 aliphatic heterocycles. The van der Waals surface area contributed by atoms with Crippen molar-refractivity contribution in [3.8, 4) is 0 Å². The molecule has 0 atom stereocenters. The molecular weight excluding hydrogens is 128 g/mol. The topological polar surface area (TPSA) is 37.3 Å². The summed E-state index contributed by atoms with van der Waals surface area (Å²) in [6.07, 6.45) is 5.54. The van der Waals surface area contributed by atoms with Gasteiger partial charge in [0.25, 0.3) is 0 Å². The van der Waals surface area contributed by atoms with Crippen LogP contribution in [0.5, 0.6) is 0 Å². The zero-order valence-corrected chi connectivity index (χ0v) is 6.29. The Balaban J connectivity index is 3.98. The van der Waals surface area contributed by atoms with Crippen LogP contribution in [0.1, 0.15) is 20.3 Å². The van der Waals surface area contributed by atoms with Gasteiger partial charge in [-0.05, 0) is 13.3 Å². The molecule has 2 heteroatoms. The molecule has 10 heavy (non-hydrogen) atoms. The maximum Gasteiger partial charge on any atom is 0.328 e. The Bertz CT molecular complexity index is 166. The number of rotatable bonds is 3. The second-order valence-corrected chi connectivity index (χ2v) is 1.89. The summed E-state index contributed by atoms with van der Waals surface area (Å²) in [6.45, 7) is 3.88. The molecule has 0 radical (unpaired) electrons. The summed E-state index contributed by atoms with van der Waals surface area (Å²) in [5.41, 5.74) is 1.04. The van der Waals surface area contributed by atoms with E-state index in [0.717, 1.165) is 18.1 Å². The van der Waals surface area contributed by atoms with E-state index in [1.54, 1.807) is 6.08 Å². The van der Waals surface area contributed by atoms with Gasteiger partial charge in [0.1, 0.15) is 0 Å². The van der Waals surface area contributed by atoms with Crippen LogP contribution in [0, 0.1) is 0 Å². The molecule has 2 nitrogen and oxygen atoms in total. The number of carbonyl (C=O) groups is 1. The van der Waals surface area contributed by atoms with E-state index < -0.39 is 5.97 Å². The molecule has 0 amide bonds. The molecule has 0 spiro atoms. The van der Waals surface area contributed by atoms with E-state index in [4.69, 9.17) is 5.11 Å². The highest BCUT2D eigenvalue weighted by atomic mass is 16.4. The van der Waals surface area contributed by atoms with Gasteiger partial charge in [-0.3, -0.25) is 0 Å². The Hall–Kier alpha value is -1.05. The zero-order valence-electron chi connectivity index (χ0n) is 6.29. The van der Waals surface area contributed by atoms with Gasteiger partial charge < -0.3 is 5.11 Å². The van der Waals surface area contributed by atoms with E-state index in [1.807, 2.05) is 19.9 Å². The number of carboxylic acid groups (broad SMARTS) is 1. The number of allylic oxidation sites excluding steroid dienone is 3. The summed E-state index contributed by atoms with van der Waals surface area (Å²) >= 11 is 0. The summed E-state index contributed by atoms with van der Waals surface area (Å²) in [5, 5.41) is 8.24. The van der Waals surface area contributed by atoms with Gasteiger partial charge in [-0.2, -0.15) is 0 Å². The summed E-state index contributed by atoms with van der Waals surface area (Å²) < 4.78 is 0. The molecule has 0 aliphatic carbocycles. The summed E-state index contributed by atoms with van der Waals surface area (Å²) in [5.74, 6) is -0.896. The van der Waals surface area contributed by atoms with Crippen LogP contribution >= 0.6 is 0 Å². The van der Waals surface area contributed by atoms with E-state index in [-0.39, 0.29) is 0 Å². The van der Waals surface area contributed by atoms with Crippen LogP contribution in [0.2, 0.25) is 0 Å². The molecular formula is C8H12O2. The standard InChI is InChI=1S/C8H12O2/c1-3-7(4-2)5-6-8(9)10/h3,5-6H,4H2,1-2H3,(H,9,10)/b6-5-,7-3-. The molecule has 0 aliphatic rings. The van der Waals surface area contributed by atoms with Crippen molar-refractivity contribution < 1.29 is 9.90 Å². The molecule has 0 heterocycles. The summed E-state index contributed by atoms with van der Waals surface area (Å²) in [6, 6.07) is 0. The first-order valence-electron chi connectivity index (χ1n) is 3.27. The van der Waals surface area contributed by atoms with Gasteiger partial charge in [0, 0.05) is 6.08 Å². The van der Waals surface area contributed by atoms with E-state index in [0.29, 0.717) is 0 Å². The highest BCUT2D eigenvalue weighted by Gasteiger charge is 1.87. The minimum atomic E-state index is -0.896. The van der Waals surface area contributed by atoms with Crippen molar-refractivity contribution in [1.29, 1.82) is 0 Å². The first-order chi connectivity index (χ1) is 4.70. The Morgan fingerprint density at radius 2 is 2.10 bits per heavy atom. The minimum absolute atomic E-state index is 0.875. The summed E-state index contributed by atoms with van der Waals surface area (Å²) in [4.78, 5) is 10.0. The largest absolute Gasteiger partial charge is 0.478 e. The second kappa shape index (κ2) is 4.79. The van der Waals surface area contributed by atoms with Gasteiger partial charge in [0.2, 0.25) is 0 Å². The third-order valence-electron chi connectivity index (χ3n) is 1.22. The predicted molar refractivity (Wildman–Crippen MR) is 40.8 cm³/mol. The fourth-order valence-corrected chi connectivity index (χ4v) is 0.597. The third-order valence-corrected chi connectivity index (χ3v) is 1.22. The van der Waals surface area contributed by atoms with E-state index >= 15 is 0 Å². The van der Waals surface area contributed by atoms with Crippen molar-refractivity contribution >= 4 is 5.97 Å². The normalized spacial score (nSPS) is 12.4. The van der Waals surface area contributed by atoms with Crippen molar-refractivity contribution in [2.75, 3.05) is 0 Å². The second-order valence-electron chi connectivity index (χ2n) is 1.89. The first kappa shape index (κ1) is 8.95. The van der Waals surface area contributed by atoms with Gasteiger partial charge in [-0.1, -0.05) is 24.6 Å². The minimum Gasteiger partial charge on any atom is -0.478 e. The van der Waals surface area contributed by atoms with Crippen molar-refractivity contribution in [2.45, 2.75) is 20.3 Å².